The van der Waals surface area contributed by atoms with Crippen molar-refractivity contribution < 1.29 is 9.15 Å². The minimum atomic E-state index is -1.64. The zero-order chi connectivity index (χ0) is 24.8. The van der Waals surface area contributed by atoms with E-state index in [-0.39, 0.29) is 34.2 Å². The average Bonchev–Trinajstić information content (AvgIpc) is 3.14. The molecule has 2 aliphatic rings. The lowest BCUT2D eigenvalue weighted by molar-refractivity contribution is 0.371. The Balaban J connectivity index is 1.80. The largest absolute Gasteiger partial charge is 0.439 e. The van der Waals surface area contributed by atoms with Gasteiger partial charge in [-0.3, -0.25) is 9.36 Å². The fraction of sp³-hybridized carbons (Fsp3) is 0.0370. The normalized spacial score (nSPS) is 17.6. The molecule has 172 valence electrons. The number of hydrogen-bond acceptors (Lipinski definition) is 7. The van der Waals surface area contributed by atoms with Gasteiger partial charge < -0.3 is 14.9 Å². The molecule has 1 spiro atoms. The minimum Gasteiger partial charge on any atom is -0.439 e. The van der Waals surface area contributed by atoms with Crippen molar-refractivity contribution in [2.45, 2.75) is 5.41 Å². The Hall–Kier alpha value is -4.68. The Labute approximate surface area is 210 Å². The first-order chi connectivity index (χ1) is 17.5. The van der Waals surface area contributed by atoms with Gasteiger partial charge in [-0.15, -0.1) is 0 Å². The van der Waals surface area contributed by atoms with Crippen molar-refractivity contribution in [1.82, 2.24) is 9.55 Å². The Kier molecular flexibility index (Phi) is 3.98. The number of rotatable bonds is 0. The maximum absolute atomic E-state index is 13.8. The maximum atomic E-state index is 13.8. The predicted octanol–water partition coefficient (Wildman–Crippen LogP) is 3.99. The first-order valence-corrected chi connectivity index (χ1v) is 11.7. The summed E-state index contributed by atoms with van der Waals surface area (Å²) in [4.78, 5) is 32.4. The van der Waals surface area contributed by atoms with Crippen LogP contribution in [0.2, 0.25) is 0 Å². The van der Waals surface area contributed by atoms with Crippen LogP contribution in [0.5, 0.6) is 5.75 Å². The molecule has 0 saturated heterocycles. The van der Waals surface area contributed by atoms with E-state index in [1.54, 1.807) is 66.7 Å². The molecule has 0 aliphatic carbocycles. The molecule has 2 aromatic heterocycles. The van der Waals surface area contributed by atoms with Crippen LogP contribution in [-0.2, 0) is 5.41 Å². The van der Waals surface area contributed by atoms with Gasteiger partial charge in [-0.2, -0.15) is 5.26 Å². The van der Waals surface area contributed by atoms with Crippen LogP contribution in [0.4, 0.5) is 0 Å². The maximum Gasteiger partial charge on any atom is 0.345 e. The number of benzene rings is 3. The lowest BCUT2D eigenvalue weighted by Gasteiger charge is -2.34. The van der Waals surface area contributed by atoms with Crippen molar-refractivity contribution in [1.29, 1.82) is 5.26 Å². The molecule has 0 radical (unpaired) electrons. The van der Waals surface area contributed by atoms with Gasteiger partial charge in [-0.25, -0.2) is 9.78 Å². The fourth-order valence-corrected chi connectivity index (χ4v) is 5.75. The van der Waals surface area contributed by atoms with E-state index in [1.165, 1.54) is 4.57 Å². The van der Waals surface area contributed by atoms with Crippen molar-refractivity contribution in [3.8, 4) is 17.5 Å². The van der Waals surface area contributed by atoms with Crippen molar-refractivity contribution in [3.63, 3.8) is 0 Å². The fourth-order valence-electron chi connectivity index (χ4n) is 5.39. The number of ether oxygens (including phenoxy) is 1. The Bertz CT molecular complexity index is 2020. The van der Waals surface area contributed by atoms with E-state index in [9.17, 15) is 14.9 Å². The van der Waals surface area contributed by atoms with E-state index in [2.05, 4.69) is 22.0 Å². The third-order valence-corrected chi connectivity index (χ3v) is 7.29. The quantitative estimate of drug-likeness (QED) is 0.296. The molecule has 5 aromatic rings. The van der Waals surface area contributed by atoms with Gasteiger partial charge in [0.2, 0.25) is 5.88 Å². The summed E-state index contributed by atoms with van der Waals surface area (Å²) in [6.45, 7) is 0. The van der Waals surface area contributed by atoms with Crippen LogP contribution in [0.3, 0.4) is 0 Å². The van der Waals surface area contributed by atoms with E-state index < -0.39 is 11.0 Å². The summed E-state index contributed by atoms with van der Waals surface area (Å²) >= 11 is 3.51. The van der Waals surface area contributed by atoms with Gasteiger partial charge in [-0.1, -0.05) is 40.2 Å². The van der Waals surface area contributed by atoms with Crippen LogP contribution < -0.4 is 21.7 Å². The topological polar surface area (TPSA) is 124 Å². The molecule has 9 heteroatoms. The number of fused-ring (bicyclic) bond motifs is 10. The van der Waals surface area contributed by atoms with Crippen LogP contribution in [0.25, 0.3) is 27.6 Å². The molecule has 0 amide bonds. The van der Waals surface area contributed by atoms with Crippen molar-refractivity contribution in [3.05, 3.63) is 120 Å². The molecular formula is C27H13BrN4O4. The number of allylic oxidation sites excluding steroid dienone is 1. The summed E-state index contributed by atoms with van der Waals surface area (Å²) in [6, 6.07) is 21.3. The van der Waals surface area contributed by atoms with Crippen molar-refractivity contribution >= 4 is 37.8 Å². The Morgan fingerprint density at radius 2 is 1.78 bits per heavy atom. The van der Waals surface area contributed by atoms with Gasteiger partial charge in [0.05, 0.1) is 22.0 Å². The summed E-state index contributed by atoms with van der Waals surface area (Å²) in [7, 11) is 0. The third kappa shape index (κ3) is 2.34. The lowest BCUT2D eigenvalue weighted by Crippen LogP contribution is -2.42. The van der Waals surface area contributed by atoms with Gasteiger partial charge in [0.25, 0.3) is 5.56 Å². The van der Waals surface area contributed by atoms with E-state index in [0.717, 1.165) is 0 Å². The molecule has 8 nitrogen and oxygen atoms in total. The van der Waals surface area contributed by atoms with Crippen LogP contribution in [0.1, 0.15) is 17.0 Å². The monoisotopic (exact) mass is 536 g/mol. The number of halogens is 1. The average molecular weight is 537 g/mol. The Morgan fingerprint density at radius 1 is 1.03 bits per heavy atom. The lowest BCUT2D eigenvalue weighted by atomic mass is 9.68. The summed E-state index contributed by atoms with van der Waals surface area (Å²) < 4.78 is 13.8. The second-order valence-corrected chi connectivity index (χ2v) is 9.46. The molecule has 2 aliphatic heterocycles. The smallest absolute Gasteiger partial charge is 0.345 e. The zero-order valence-corrected chi connectivity index (χ0v) is 19.9. The van der Waals surface area contributed by atoms with E-state index in [4.69, 9.17) is 19.9 Å². The SMILES string of the molecule is N#CC1=C(N)Oc2c(c(=O)oc3ccccc23)C12c1cc(Br)ccc1-n1c2nc2ccccc2c1=O. The molecule has 0 bridgehead atoms. The van der Waals surface area contributed by atoms with Crippen LogP contribution in [0.15, 0.2) is 96.7 Å². The number of hydrogen-bond donors (Lipinski definition) is 1. The summed E-state index contributed by atoms with van der Waals surface area (Å²) in [6.07, 6.45) is 0. The number of aromatic nitrogens is 2. The summed E-state index contributed by atoms with van der Waals surface area (Å²) in [5.41, 5.74) is 5.39. The summed E-state index contributed by atoms with van der Waals surface area (Å²) in [5.74, 6) is 0.161. The van der Waals surface area contributed by atoms with Crippen LogP contribution in [-0.4, -0.2) is 9.55 Å². The van der Waals surface area contributed by atoms with Crippen molar-refractivity contribution in [2.75, 3.05) is 0 Å². The van der Waals surface area contributed by atoms with Gasteiger partial charge in [0.1, 0.15) is 34.0 Å². The molecule has 3 aromatic carbocycles. The molecule has 0 fully saturated rings. The number of nitrogens with zero attached hydrogens (tertiary/aromatic N) is 3. The van der Waals surface area contributed by atoms with E-state index in [0.29, 0.717) is 37.6 Å². The highest BCUT2D eigenvalue weighted by molar-refractivity contribution is 9.10. The molecule has 0 saturated carbocycles. The molecule has 2 N–H and O–H groups in total. The molecule has 4 heterocycles. The number of nitrogens with two attached hydrogens (primary N) is 1. The molecule has 36 heavy (non-hydrogen) atoms. The van der Waals surface area contributed by atoms with E-state index >= 15 is 0 Å². The second kappa shape index (κ2) is 6.93. The van der Waals surface area contributed by atoms with Crippen LogP contribution in [0, 0.1) is 11.3 Å². The highest BCUT2D eigenvalue weighted by Crippen LogP contribution is 2.56. The first-order valence-electron chi connectivity index (χ1n) is 10.9. The highest BCUT2D eigenvalue weighted by Gasteiger charge is 2.58. The molecule has 1 atom stereocenters. The van der Waals surface area contributed by atoms with Gasteiger partial charge in [-0.05, 0) is 42.5 Å². The molecule has 1 unspecified atom stereocenters. The number of nitriles is 1. The first kappa shape index (κ1) is 20.7. The molecular weight excluding hydrogens is 524 g/mol. The van der Waals surface area contributed by atoms with Gasteiger partial charge in [0, 0.05) is 10.0 Å². The predicted molar refractivity (Wildman–Crippen MR) is 135 cm³/mol. The van der Waals surface area contributed by atoms with Gasteiger partial charge >= 0.3 is 5.63 Å². The van der Waals surface area contributed by atoms with Crippen LogP contribution >= 0.6 is 15.9 Å². The number of para-hydroxylation sites is 2. The molecule has 7 rings (SSSR count). The zero-order valence-electron chi connectivity index (χ0n) is 18.3. The van der Waals surface area contributed by atoms with E-state index in [1.807, 2.05) is 0 Å². The minimum absolute atomic E-state index is 0.0414. The Morgan fingerprint density at radius 3 is 2.58 bits per heavy atom. The summed E-state index contributed by atoms with van der Waals surface area (Å²) in [5, 5.41) is 11.3. The standard InChI is InChI=1S/C27H13BrN4O4/c28-13-9-10-19-16(11-13)27(26-31-18-7-3-1-5-14(18)24(33)32(19)26)17(12-29)23(30)36-22-15-6-2-4-8-20(15)35-25(34)21(22)27/h1-11H,30H2. The highest BCUT2D eigenvalue weighted by atomic mass is 79.9. The van der Waals surface area contributed by atoms with Gasteiger partial charge in [0.15, 0.2) is 5.75 Å². The second-order valence-electron chi connectivity index (χ2n) is 8.55. The van der Waals surface area contributed by atoms with Crippen molar-refractivity contribution in [2.24, 2.45) is 5.73 Å². The third-order valence-electron chi connectivity index (χ3n) is 6.80.